The van der Waals surface area contributed by atoms with Crippen molar-refractivity contribution in [3.63, 3.8) is 0 Å². The highest BCUT2D eigenvalue weighted by atomic mass is 19.2. The average molecular weight is 580 g/mol. The summed E-state index contributed by atoms with van der Waals surface area (Å²) in [7, 11) is 0. The van der Waals surface area contributed by atoms with Crippen molar-refractivity contribution >= 4 is 41.3 Å². The molecule has 0 saturated heterocycles. The van der Waals surface area contributed by atoms with E-state index in [4.69, 9.17) is 9.15 Å². The minimum atomic E-state index is -4.07. The molecule has 0 amide bonds. The number of carbonyl (C=O) groups is 1. The third-order valence-electron chi connectivity index (χ3n) is 9.23. The number of rotatable bonds is 4. The summed E-state index contributed by atoms with van der Waals surface area (Å²) in [5.74, 6) is 6.31. The lowest BCUT2D eigenvalue weighted by atomic mass is 9.86. The normalized spacial score (nSPS) is 23.1. The standard InChI is InChI=1S/C34H31BF2N2O4/c1-6-42-34(41)30-26-10-7-22-15-25-16-24(33(40)43-29(25)17-23(22)8-11-27(26)30)9-12-28-31-18(2)13-20(4)38(31)35(36,37)39-21(5)14-19(3)32(28)39/h9,12-17,26-27,30H,6-7,10H2,1-5H3. The molecule has 0 bridgehead atoms. The highest BCUT2D eigenvalue weighted by molar-refractivity contribution is 6.58. The van der Waals surface area contributed by atoms with Gasteiger partial charge in [0.25, 0.3) is 0 Å². The molecule has 0 N–H and O–H groups in total. The van der Waals surface area contributed by atoms with E-state index in [0.29, 0.717) is 46.1 Å². The van der Waals surface area contributed by atoms with Crippen molar-refractivity contribution in [2.45, 2.75) is 47.5 Å². The van der Waals surface area contributed by atoms with Crippen LogP contribution in [-0.2, 0) is 16.0 Å². The van der Waals surface area contributed by atoms with E-state index >= 15 is 8.63 Å². The third kappa shape index (κ3) is 4.10. The van der Waals surface area contributed by atoms with Crippen molar-refractivity contribution in [3.05, 3.63) is 91.7 Å². The largest absolute Gasteiger partial charge is 0.737 e. The van der Waals surface area contributed by atoms with Gasteiger partial charge in [0.1, 0.15) is 11.3 Å². The predicted molar refractivity (Wildman–Crippen MR) is 163 cm³/mol. The Labute approximate surface area is 248 Å². The first kappa shape index (κ1) is 27.4. The number of hydrogen-bond acceptors (Lipinski definition) is 4. The van der Waals surface area contributed by atoms with Crippen molar-refractivity contribution in [2.24, 2.45) is 17.8 Å². The SMILES string of the molecule is CCOC(=O)C1C2C#Cc3cc4oc(=O)c(C=CC5=C6C(C)=CC(C)=[N+]6[B-](F)(F)n6c(C)cc(C)c65)cc4cc3CCC21. The number of fused-ring (bicyclic) bond motifs is 5. The van der Waals surface area contributed by atoms with E-state index in [1.807, 2.05) is 19.9 Å². The van der Waals surface area contributed by atoms with Gasteiger partial charge in [-0.15, -0.1) is 0 Å². The maximum atomic E-state index is 15.9. The first-order valence-electron chi connectivity index (χ1n) is 14.8. The van der Waals surface area contributed by atoms with Crippen molar-refractivity contribution in [1.29, 1.82) is 0 Å². The molecule has 3 atom stereocenters. The fourth-order valence-electron chi connectivity index (χ4n) is 7.32. The van der Waals surface area contributed by atoms with Crippen LogP contribution in [0.5, 0.6) is 0 Å². The Kier molecular flexibility index (Phi) is 6.07. The van der Waals surface area contributed by atoms with Crippen LogP contribution in [0.15, 0.2) is 56.9 Å². The number of hydrogen-bond donors (Lipinski definition) is 0. The first-order valence-corrected chi connectivity index (χ1v) is 14.8. The van der Waals surface area contributed by atoms with Gasteiger partial charge in [0.2, 0.25) is 0 Å². The number of nitrogens with zero attached hydrogens (tertiary/aromatic N) is 2. The zero-order valence-electron chi connectivity index (χ0n) is 24.8. The van der Waals surface area contributed by atoms with Crippen LogP contribution in [0.2, 0.25) is 0 Å². The number of allylic oxidation sites excluding steroid dienone is 4. The summed E-state index contributed by atoms with van der Waals surface area (Å²) >= 11 is 0. The van der Waals surface area contributed by atoms with Gasteiger partial charge in [-0.25, -0.2) is 4.79 Å². The molecule has 0 spiro atoms. The summed E-state index contributed by atoms with van der Waals surface area (Å²) in [6.07, 6.45) is 6.76. The Morgan fingerprint density at radius 2 is 1.98 bits per heavy atom. The molecule has 1 saturated carbocycles. The Morgan fingerprint density at radius 3 is 2.74 bits per heavy atom. The van der Waals surface area contributed by atoms with Crippen molar-refractivity contribution in [2.75, 3.05) is 6.61 Å². The van der Waals surface area contributed by atoms with Gasteiger partial charge in [0.15, 0.2) is 5.70 Å². The van der Waals surface area contributed by atoms with Crippen LogP contribution in [0.25, 0.3) is 22.6 Å². The Balaban J connectivity index is 1.28. The molecule has 2 aliphatic heterocycles. The minimum absolute atomic E-state index is 0.00270. The van der Waals surface area contributed by atoms with Crippen LogP contribution in [-0.4, -0.2) is 34.2 Å². The topological polar surface area (TPSA) is 64.4 Å². The number of benzene rings is 1. The van der Waals surface area contributed by atoms with E-state index in [9.17, 15) is 9.59 Å². The molecule has 7 rings (SSSR count). The number of aryl methyl sites for hydroxylation is 3. The lowest BCUT2D eigenvalue weighted by Gasteiger charge is -2.33. The van der Waals surface area contributed by atoms with Crippen molar-refractivity contribution < 1.29 is 27.1 Å². The highest BCUT2D eigenvalue weighted by Gasteiger charge is 2.55. The van der Waals surface area contributed by atoms with Gasteiger partial charge in [-0.05, 0) is 99.7 Å². The smallest absolute Gasteiger partial charge is 0.466 e. The molecule has 3 unspecified atom stereocenters. The second-order valence-corrected chi connectivity index (χ2v) is 12.0. The summed E-state index contributed by atoms with van der Waals surface area (Å²) in [5, 5.41) is 0.754. The van der Waals surface area contributed by atoms with Gasteiger partial charge in [0, 0.05) is 41.1 Å². The molecule has 1 aromatic carbocycles. The maximum Gasteiger partial charge on any atom is 0.737 e. The zero-order chi connectivity index (χ0) is 30.4. The molecule has 4 heterocycles. The van der Waals surface area contributed by atoms with E-state index in [2.05, 4.69) is 11.8 Å². The number of halogens is 2. The molecule has 2 aliphatic carbocycles. The molecule has 4 aliphatic rings. The fourth-order valence-corrected chi connectivity index (χ4v) is 7.32. The van der Waals surface area contributed by atoms with Gasteiger partial charge in [0.05, 0.1) is 23.7 Å². The first-order chi connectivity index (χ1) is 20.5. The molecule has 2 aromatic heterocycles. The van der Waals surface area contributed by atoms with Gasteiger partial charge >= 0.3 is 18.6 Å². The Morgan fingerprint density at radius 1 is 1.19 bits per heavy atom. The molecule has 218 valence electrons. The average Bonchev–Trinajstić information content (AvgIpc) is 3.39. The van der Waals surface area contributed by atoms with Gasteiger partial charge in [-0.3, -0.25) is 4.79 Å². The second-order valence-electron chi connectivity index (χ2n) is 12.0. The van der Waals surface area contributed by atoms with E-state index < -0.39 is 12.6 Å². The zero-order valence-corrected chi connectivity index (χ0v) is 24.8. The Bertz CT molecular complexity index is 2030. The van der Waals surface area contributed by atoms with Crippen LogP contribution in [0.1, 0.15) is 60.8 Å². The van der Waals surface area contributed by atoms with Crippen LogP contribution < -0.4 is 5.63 Å². The van der Waals surface area contributed by atoms with Crippen LogP contribution in [0.4, 0.5) is 8.63 Å². The number of carbonyl (C=O) groups excluding carboxylic acids is 1. The quantitative estimate of drug-likeness (QED) is 0.164. The van der Waals surface area contributed by atoms with E-state index in [1.54, 1.807) is 57.2 Å². The summed E-state index contributed by atoms with van der Waals surface area (Å²) in [6.45, 7) is 5.14. The predicted octanol–water partition coefficient (Wildman–Crippen LogP) is 6.03. The molecule has 43 heavy (non-hydrogen) atoms. The number of esters is 1. The van der Waals surface area contributed by atoms with E-state index in [-0.39, 0.29) is 23.7 Å². The lowest BCUT2D eigenvalue weighted by Crippen LogP contribution is -2.51. The monoisotopic (exact) mass is 580 g/mol. The number of aromatic nitrogens is 1. The van der Waals surface area contributed by atoms with Crippen molar-refractivity contribution in [3.8, 4) is 11.8 Å². The molecule has 0 radical (unpaired) electrons. The van der Waals surface area contributed by atoms with E-state index in [1.165, 1.54) is 0 Å². The van der Waals surface area contributed by atoms with E-state index in [0.717, 1.165) is 49.5 Å². The minimum Gasteiger partial charge on any atom is -0.466 e. The van der Waals surface area contributed by atoms with Gasteiger partial charge < -0.3 is 26.7 Å². The lowest BCUT2D eigenvalue weighted by molar-refractivity contribution is -0.363. The molecule has 1 fully saturated rings. The van der Waals surface area contributed by atoms with Crippen LogP contribution in [0, 0.1) is 43.4 Å². The molecule has 9 heteroatoms. The second kappa shape index (κ2) is 9.53. The molecular formula is C34H31BF2N2O4. The molecule has 6 nitrogen and oxygen atoms in total. The molecule has 3 aromatic rings. The van der Waals surface area contributed by atoms with Crippen molar-refractivity contribution in [1.82, 2.24) is 4.48 Å². The Hall–Kier alpha value is -4.45. The summed E-state index contributed by atoms with van der Waals surface area (Å²) < 4.78 is 45.0. The van der Waals surface area contributed by atoms with Gasteiger partial charge in [-0.2, -0.15) is 0 Å². The summed E-state index contributed by atoms with van der Waals surface area (Å²) in [5.41, 5.74) is 6.06. The number of ether oxygens (including phenoxy) is 1. The summed E-state index contributed by atoms with van der Waals surface area (Å²) in [6, 6.07) is 7.35. The highest BCUT2D eigenvalue weighted by Crippen LogP contribution is 2.50. The van der Waals surface area contributed by atoms with Crippen LogP contribution >= 0.6 is 0 Å². The molecular weight excluding hydrogens is 549 g/mol. The fraction of sp³-hybridized carbons (Fsp3) is 0.324. The third-order valence-corrected chi connectivity index (χ3v) is 9.23. The van der Waals surface area contributed by atoms with Gasteiger partial charge in [-0.1, -0.05) is 11.8 Å². The maximum absolute atomic E-state index is 15.9. The summed E-state index contributed by atoms with van der Waals surface area (Å²) in [4.78, 5) is 25.5. The van der Waals surface area contributed by atoms with Crippen LogP contribution in [0.3, 0.4) is 0 Å².